The van der Waals surface area contributed by atoms with Gasteiger partial charge in [0.05, 0.1) is 52.5 Å². The second kappa shape index (κ2) is 10.7. The predicted octanol–water partition coefficient (Wildman–Crippen LogP) is 5.30. The van der Waals surface area contributed by atoms with E-state index >= 15 is 0 Å². The highest BCUT2D eigenvalue weighted by Gasteiger charge is 2.31. The Kier molecular flexibility index (Phi) is 7.76. The smallest absolute Gasteiger partial charge is 0.416 e. The maximum absolute atomic E-state index is 13.3. The summed E-state index contributed by atoms with van der Waals surface area (Å²) in [7, 11) is 2.97. The fourth-order valence-corrected chi connectivity index (χ4v) is 5.51. The maximum atomic E-state index is 13.3. The molecular formula is C23H19ClF3N3O4S2. The lowest BCUT2D eigenvalue weighted by Gasteiger charge is -2.16. The summed E-state index contributed by atoms with van der Waals surface area (Å²) in [6, 6.07) is 7.62. The van der Waals surface area contributed by atoms with Crippen LogP contribution in [0.25, 0.3) is 5.69 Å². The number of hydrogen-bond donors (Lipinski definition) is 1. The average Bonchev–Trinajstić information content (AvgIpc) is 3.32. The molecule has 0 radical (unpaired) electrons. The number of methoxy groups -OCH3 is 2. The van der Waals surface area contributed by atoms with Crippen molar-refractivity contribution >= 4 is 46.7 Å². The number of alkyl halides is 3. The Balaban J connectivity index is 1.63. The minimum Gasteiger partial charge on any atom is -0.493 e. The summed E-state index contributed by atoms with van der Waals surface area (Å²) in [5, 5.41) is 2.64. The van der Waals surface area contributed by atoms with E-state index in [2.05, 4.69) is 10.3 Å². The first-order valence-electron chi connectivity index (χ1n) is 10.4. The zero-order valence-corrected chi connectivity index (χ0v) is 21.3. The minimum absolute atomic E-state index is 0.0312. The van der Waals surface area contributed by atoms with Gasteiger partial charge in [0.25, 0.3) is 5.56 Å². The molecule has 2 aromatic carbocycles. The Morgan fingerprint density at radius 3 is 2.64 bits per heavy atom. The molecule has 2 heterocycles. The molecule has 4 rings (SSSR count). The highest BCUT2D eigenvalue weighted by molar-refractivity contribution is 8.00. The second-order valence-corrected chi connectivity index (χ2v) is 9.93. The highest BCUT2D eigenvalue weighted by atomic mass is 35.5. The molecule has 0 unspecified atom stereocenters. The lowest BCUT2D eigenvalue weighted by molar-refractivity contribution is -0.137. The van der Waals surface area contributed by atoms with Crippen LogP contribution in [0.4, 0.5) is 18.9 Å². The number of amides is 1. The van der Waals surface area contributed by atoms with Crippen LogP contribution in [0.2, 0.25) is 5.02 Å². The van der Waals surface area contributed by atoms with Crippen LogP contribution in [0.3, 0.4) is 0 Å². The molecule has 13 heteroatoms. The molecule has 0 bridgehead atoms. The normalized spacial score (nSPS) is 12.8. The zero-order valence-electron chi connectivity index (χ0n) is 18.9. The van der Waals surface area contributed by atoms with E-state index in [9.17, 15) is 22.8 Å². The molecule has 190 valence electrons. The van der Waals surface area contributed by atoms with Gasteiger partial charge < -0.3 is 14.8 Å². The van der Waals surface area contributed by atoms with E-state index in [1.807, 2.05) is 0 Å². The molecule has 0 atom stereocenters. The van der Waals surface area contributed by atoms with Crippen LogP contribution in [0.5, 0.6) is 11.5 Å². The van der Waals surface area contributed by atoms with Gasteiger partial charge in [-0.05, 0) is 30.3 Å². The van der Waals surface area contributed by atoms with Gasteiger partial charge in [0.2, 0.25) is 5.91 Å². The van der Waals surface area contributed by atoms with Gasteiger partial charge in [-0.3, -0.25) is 14.2 Å². The number of aryl methyl sites for hydroxylation is 1. The maximum Gasteiger partial charge on any atom is 0.416 e. The number of benzene rings is 2. The molecule has 0 spiro atoms. The van der Waals surface area contributed by atoms with Crippen LogP contribution >= 0.6 is 35.1 Å². The zero-order chi connectivity index (χ0) is 26.0. The van der Waals surface area contributed by atoms with Gasteiger partial charge >= 0.3 is 6.18 Å². The molecule has 1 aliphatic heterocycles. The van der Waals surface area contributed by atoms with E-state index in [4.69, 9.17) is 21.1 Å². The Labute approximate surface area is 217 Å². The third kappa shape index (κ3) is 5.45. The number of nitrogens with zero attached hydrogens (tertiary/aromatic N) is 2. The van der Waals surface area contributed by atoms with E-state index in [0.29, 0.717) is 39.9 Å². The van der Waals surface area contributed by atoms with Gasteiger partial charge in [0.1, 0.15) is 0 Å². The van der Waals surface area contributed by atoms with Crippen molar-refractivity contribution in [2.75, 3.05) is 31.0 Å². The van der Waals surface area contributed by atoms with Crippen LogP contribution in [-0.4, -0.2) is 41.2 Å². The second-order valence-electron chi connectivity index (χ2n) is 7.48. The minimum atomic E-state index is -4.58. The first-order valence-corrected chi connectivity index (χ1v) is 12.8. The number of fused-ring (bicyclic) bond motifs is 1. The van der Waals surface area contributed by atoms with Crippen LogP contribution in [0, 0.1) is 0 Å². The number of rotatable bonds is 7. The van der Waals surface area contributed by atoms with E-state index in [1.54, 1.807) is 18.2 Å². The first kappa shape index (κ1) is 26.2. The number of hydrogen-bond acceptors (Lipinski definition) is 7. The van der Waals surface area contributed by atoms with Crippen molar-refractivity contribution < 1.29 is 27.4 Å². The Morgan fingerprint density at radius 1 is 1.19 bits per heavy atom. The highest BCUT2D eigenvalue weighted by Crippen LogP contribution is 2.35. The van der Waals surface area contributed by atoms with Gasteiger partial charge in [-0.15, -0.1) is 11.8 Å². The van der Waals surface area contributed by atoms with Crippen molar-refractivity contribution in [3.63, 3.8) is 0 Å². The fourth-order valence-electron chi connectivity index (χ4n) is 3.49. The number of anilines is 1. The summed E-state index contributed by atoms with van der Waals surface area (Å²) in [5.74, 6) is 0.765. The lowest BCUT2D eigenvalue weighted by Crippen LogP contribution is -2.24. The Hall–Kier alpha value is -2.83. The number of nitrogens with one attached hydrogen (secondary N) is 1. The monoisotopic (exact) mass is 557 g/mol. The Bertz CT molecular complexity index is 1380. The number of carbonyl (C=O) groups excluding carboxylic acids is 1. The molecule has 3 aromatic rings. The summed E-state index contributed by atoms with van der Waals surface area (Å²) in [6.07, 6.45) is -3.97. The predicted molar refractivity (Wildman–Crippen MR) is 133 cm³/mol. The molecule has 0 aliphatic carbocycles. The average molecular weight is 558 g/mol. The van der Waals surface area contributed by atoms with Gasteiger partial charge in [-0.2, -0.15) is 13.2 Å². The lowest BCUT2D eigenvalue weighted by atomic mass is 10.2. The van der Waals surface area contributed by atoms with E-state index < -0.39 is 17.6 Å². The van der Waals surface area contributed by atoms with Gasteiger partial charge in [0, 0.05) is 18.2 Å². The number of thioether (sulfide) groups is 2. The number of halogens is 4. The summed E-state index contributed by atoms with van der Waals surface area (Å²) in [4.78, 5) is 31.1. The molecule has 7 nitrogen and oxygen atoms in total. The SMILES string of the molecule is COc1ccc(-n2c(SCC(=O)Nc3cc(C(F)(F)F)ccc3Cl)nc3c(c2=O)SCC3)cc1OC. The molecule has 1 N–H and O–H groups in total. The summed E-state index contributed by atoms with van der Waals surface area (Å²) >= 11 is 8.38. The van der Waals surface area contributed by atoms with Crippen molar-refractivity contribution in [2.24, 2.45) is 0 Å². The quantitative estimate of drug-likeness (QED) is 0.312. The van der Waals surface area contributed by atoms with E-state index in [0.717, 1.165) is 30.0 Å². The molecule has 1 amide bonds. The van der Waals surface area contributed by atoms with Crippen molar-refractivity contribution in [3.8, 4) is 17.2 Å². The van der Waals surface area contributed by atoms with E-state index in [-0.39, 0.29) is 27.2 Å². The van der Waals surface area contributed by atoms with Crippen LogP contribution in [0.15, 0.2) is 51.2 Å². The van der Waals surface area contributed by atoms with Gasteiger partial charge in [0.15, 0.2) is 16.7 Å². The molecule has 0 saturated heterocycles. The first-order chi connectivity index (χ1) is 17.1. The Morgan fingerprint density at radius 2 is 1.94 bits per heavy atom. The van der Waals surface area contributed by atoms with Crippen molar-refractivity contribution in [1.29, 1.82) is 0 Å². The summed E-state index contributed by atoms with van der Waals surface area (Å²) in [5.41, 5.74) is -0.268. The van der Waals surface area contributed by atoms with Crippen molar-refractivity contribution in [1.82, 2.24) is 9.55 Å². The molecule has 36 heavy (non-hydrogen) atoms. The van der Waals surface area contributed by atoms with Crippen molar-refractivity contribution in [2.45, 2.75) is 22.6 Å². The van der Waals surface area contributed by atoms with Crippen molar-refractivity contribution in [3.05, 3.63) is 63.0 Å². The number of ether oxygens (including phenoxy) is 2. The molecule has 0 fully saturated rings. The largest absolute Gasteiger partial charge is 0.493 e. The fraction of sp³-hybridized carbons (Fsp3) is 0.261. The molecular weight excluding hydrogens is 539 g/mol. The third-order valence-electron chi connectivity index (χ3n) is 5.19. The third-order valence-corrected chi connectivity index (χ3v) is 7.57. The molecule has 1 aliphatic rings. The van der Waals surface area contributed by atoms with Crippen LogP contribution in [-0.2, 0) is 17.4 Å². The summed E-state index contributed by atoms with van der Waals surface area (Å²) in [6.45, 7) is 0. The van der Waals surface area contributed by atoms with Crippen LogP contribution in [0.1, 0.15) is 11.3 Å². The summed E-state index contributed by atoms with van der Waals surface area (Å²) < 4.78 is 51.1. The van der Waals surface area contributed by atoms with E-state index in [1.165, 1.54) is 30.5 Å². The number of aromatic nitrogens is 2. The van der Waals surface area contributed by atoms with Crippen LogP contribution < -0.4 is 20.3 Å². The standard InChI is InChI=1S/C23H19ClF3N3O4S2/c1-33-17-6-4-13(10-18(17)34-2)30-21(32)20-15(7-8-35-20)29-22(30)36-11-19(31)28-16-9-12(23(25,26)27)3-5-14(16)24/h3-6,9-10H,7-8,11H2,1-2H3,(H,28,31). The van der Waals surface area contributed by atoms with Gasteiger partial charge in [-0.1, -0.05) is 23.4 Å². The topological polar surface area (TPSA) is 82.5 Å². The molecule has 0 saturated carbocycles. The molecule has 1 aromatic heterocycles. The number of carbonyl (C=O) groups is 1. The van der Waals surface area contributed by atoms with Gasteiger partial charge in [-0.25, -0.2) is 4.98 Å².